The van der Waals surface area contributed by atoms with Gasteiger partial charge in [-0.2, -0.15) is 0 Å². The second-order valence-electron chi connectivity index (χ2n) is 6.44. The Hall–Kier alpha value is -1.62. The van der Waals surface area contributed by atoms with E-state index < -0.39 is 5.60 Å². The summed E-state index contributed by atoms with van der Waals surface area (Å²) in [6.45, 7) is 6.13. The molecule has 1 unspecified atom stereocenters. The third kappa shape index (κ3) is 4.97. The maximum atomic E-state index is 10.5. The Bertz CT molecular complexity index is 711. The molecule has 2 aromatic heterocycles. The molecule has 0 amide bonds. The Morgan fingerprint density at radius 1 is 1.38 bits per heavy atom. The second kappa shape index (κ2) is 9.36. The lowest BCUT2D eigenvalue weighted by molar-refractivity contribution is 0.0386. The highest BCUT2D eigenvalue weighted by molar-refractivity contribution is 14.0. The summed E-state index contributed by atoms with van der Waals surface area (Å²) >= 11 is 0. The first-order valence-electron chi connectivity index (χ1n) is 8.79. The molecule has 0 aromatic carbocycles. The number of nitrogens with zero attached hydrogens (tertiary/aromatic N) is 4. The van der Waals surface area contributed by atoms with Crippen molar-refractivity contribution in [3.05, 3.63) is 35.8 Å². The molecule has 0 spiro atoms. The molecule has 0 bridgehead atoms. The van der Waals surface area contributed by atoms with Crippen molar-refractivity contribution in [3.8, 4) is 0 Å². The Morgan fingerprint density at radius 3 is 2.96 bits per heavy atom. The van der Waals surface area contributed by atoms with Crippen molar-refractivity contribution in [2.45, 2.75) is 51.8 Å². The van der Waals surface area contributed by atoms with E-state index >= 15 is 0 Å². The number of guanidine groups is 1. The van der Waals surface area contributed by atoms with Crippen molar-refractivity contribution < 1.29 is 9.52 Å². The van der Waals surface area contributed by atoms with Gasteiger partial charge in [0.2, 0.25) is 0 Å². The summed E-state index contributed by atoms with van der Waals surface area (Å²) in [6.07, 6.45) is 4.87. The fourth-order valence-electron chi connectivity index (χ4n) is 2.90. The van der Waals surface area contributed by atoms with Gasteiger partial charge >= 0.3 is 0 Å². The molecule has 2 aromatic rings. The van der Waals surface area contributed by atoms with Crippen molar-refractivity contribution in [1.29, 1.82) is 0 Å². The molecule has 0 saturated carbocycles. The van der Waals surface area contributed by atoms with E-state index in [1.165, 1.54) is 6.42 Å². The first-order valence-corrected chi connectivity index (χ1v) is 8.79. The van der Waals surface area contributed by atoms with E-state index in [1.807, 2.05) is 6.92 Å². The van der Waals surface area contributed by atoms with Crippen LogP contribution in [0.1, 0.15) is 44.1 Å². The maximum Gasteiger partial charge on any atom is 0.191 e. The minimum absolute atomic E-state index is 0. The summed E-state index contributed by atoms with van der Waals surface area (Å²) in [5.74, 6) is 3.07. The van der Waals surface area contributed by atoms with Crippen LogP contribution in [0, 0.1) is 0 Å². The fourth-order valence-corrected chi connectivity index (χ4v) is 2.90. The summed E-state index contributed by atoms with van der Waals surface area (Å²) in [7, 11) is 0. The van der Waals surface area contributed by atoms with E-state index in [-0.39, 0.29) is 30.5 Å². The van der Waals surface area contributed by atoms with Crippen LogP contribution in [0.2, 0.25) is 0 Å². The van der Waals surface area contributed by atoms with E-state index in [2.05, 4.69) is 30.4 Å². The van der Waals surface area contributed by atoms with Crippen LogP contribution in [-0.4, -0.2) is 38.9 Å². The normalized spacial score (nSPS) is 16.3. The Kier molecular flexibility index (Phi) is 7.44. The molecule has 9 heteroatoms. The maximum absolute atomic E-state index is 10.5. The summed E-state index contributed by atoms with van der Waals surface area (Å²) in [6, 6.07) is 3.52. The van der Waals surface area contributed by atoms with E-state index in [4.69, 9.17) is 4.42 Å². The number of nitrogens with one attached hydrogen (secondary N) is 2. The average molecular weight is 474 g/mol. The third-order valence-corrected chi connectivity index (χ3v) is 4.31. The molecule has 3 N–H and O–H groups in total. The highest BCUT2D eigenvalue weighted by Crippen LogP contribution is 2.19. The number of rotatable bonds is 6. The van der Waals surface area contributed by atoms with Crippen molar-refractivity contribution in [2.24, 2.45) is 4.99 Å². The van der Waals surface area contributed by atoms with Gasteiger partial charge in [0, 0.05) is 19.5 Å². The first-order chi connectivity index (χ1) is 12.1. The SMILES string of the molecule is CCNC(=NCc1nnc2n1CCCC2)NCC(C)(O)c1ccco1.I. The topological polar surface area (TPSA) is 100 Å². The lowest BCUT2D eigenvalue weighted by Gasteiger charge is -2.22. The monoisotopic (exact) mass is 474 g/mol. The van der Waals surface area contributed by atoms with E-state index in [0.29, 0.717) is 18.3 Å². The fraction of sp³-hybridized carbons (Fsp3) is 0.588. The van der Waals surface area contributed by atoms with Gasteiger partial charge in [0.15, 0.2) is 11.8 Å². The largest absolute Gasteiger partial charge is 0.466 e. The van der Waals surface area contributed by atoms with Crippen LogP contribution in [0.4, 0.5) is 0 Å². The van der Waals surface area contributed by atoms with Crippen LogP contribution in [-0.2, 0) is 25.1 Å². The van der Waals surface area contributed by atoms with Crippen LogP contribution in [0.3, 0.4) is 0 Å². The van der Waals surface area contributed by atoms with Gasteiger partial charge in [-0.1, -0.05) is 0 Å². The molecule has 26 heavy (non-hydrogen) atoms. The van der Waals surface area contributed by atoms with Gasteiger partial charge in [0.05, 0.1) is 12.8 Å². The molecular weight excluding hydrogens is 447 g/mol. The zero-order valence-electron chi connectivity index (χ0n) is 15.2. The standard InChI is InChI=1S/C17H26N6O2.HI/c1-3-18-16(20-12-17(2,24)13-7-6-10-25-13)19-11-15-22-21-14-8-4-5-9-23(14)15;/h6-7,10,24H,3-5,8-9,11-12H2,1-2H3,(H2,18,19,20);1H. The lowest BCUT2D eigenvalue weighted by Crippen LogP contribution is -2.44. The first kappa shape index (κ1) is 20.7. The van der Waals surface area contributed by atoms with Crippen LogP contribution in [0.25, 0.3) is 0 Å². The Morgan fingerprint density at radius 2 is 2.23 bits per heavy atom. The van der Waals surface area contributed by atoms with Gasteiger partial charge < -0.3 is 24.7 Å². The van der Waals surface area contributed by atoms with Crippen LogP contribution in [0.15, 0.2) is 27.8 Å². The zero-order chi connectivity index (χ0) is 17.7. The number of hydrogen-bond acceptors (Lipinski definition) is 5. The quantitative estimate of drug-likeness (QED) is 0.336. The van der Waals surface area contributed by atoms with Crippen LogP contribution >= 0.6 is 24.0 Å². The van der Waals surface area contributed by atoms with Crippen molar-refractivity contribution >= 4 is 29.9 Å². The second-order valence-corrected chi connectivity index (χ2v) is 6.44. The van der Waals surface area contributed by atoms with Crippen molar-refractivity contribution in [2.75, 3.05) is 13.1 Å². The van der Waals surface area contributed by atoms with Gasteiger partial charge in [-0.3, -0.25) is 0 Å². The van der Waals surface area contributed by atoms with Crippen LogP contribution in [0.5, 0.6) is 0 Å². The third-order valence-electron chi connectivity index (χ3n) is 4.31. The highest BCUT2D eigenvalue weighted by atomic mass is 127. The minimum Gasteiger partial charge on any atom is -0.466 e. The molecule has 3 rings (SSSR count). The molecule has 0 radical (unpaired) electrons. The number of furan rings is 1. The Labute approximate surface area is 170 Å². The number of aliphatic hydroxyl groups is 1. The molecule has 1 aliphatic rings. The predicted octanol–water partition coefficient (Wildman–Crippen LogP) is 1.79. The molecule has 3 heterocycles. The number of halogens is 1. The van der Waals surface area contributed by atoms with E-state index in [0.717, 1.165) is 37.6 Å². The summed E-state index contributed by atoms with van der Waals surface area (Å²) < 4.78 is 7.46. The van der Waals surface area contributed by atoms with Gasteiger partial charge in [-0.25, -0.2) is 4.99 Å². The molecule has 0 saturated heterocycles. The molecule has 0 fully saturated rings. The lowest BCUT2D eigenvalue weighted by atomic mass is 10.0. The number of fused-ring (bicyclic) bond motifs is 1. The summed E-state index contributed by atoms with van der Waals surface area (Å²) in [5.41, 5.74) is -1.12. The highest BCUT2D eigenvalue weighted by Gasteiger charge is 2.26. The minimum atomic E-state index is -1.12. The van der Waals surface area contributed by atoms with E-state index in [1.54, 1.807) is 25.3 Å². The van der Waals surface area contributed by atoms with Gasteiger partial charge in [-0.05, 0) is 38.8 Å². The molecule has 144 valence electrons. The number of hydrogen-bond donors (Lipinski definition) is 3. The number of aliphatic imine (C=N–C) groups is 1. The van der Waals surface area contributed by atoms with Crippen molar-refractivity contribution in [1.82, 2.24) is 25.4 Å². The number of aromatic nitrogens is 3. The predicted molar refractivity (Wildman–Crippen MR) is 109 cm³/mol. The van der Waals surface area contributed by atoms with Crippen molar-refractivity contribution in [3.63, 3.8) is 0 Å². The summed E-state index contributed by atoms with van der Waals surface area (Å²) in [4.78, 5) is 4.58. The summed E-state index contributed by atoms with van der Waals surface area (Å²) in [5, 5.41) is 25.4. The average Bonchev–Trinajstić information content (AvgIpc) is 3.28. The van der Waals surface area contributed by atoms with Crippen LogP contribution < -0.4 is 10.6 Å². The molecular formula is C17H27IN6O2. The Balaban J connectivity index is 0.00000243. The number of aryl methyl sites for hydroxylation is 1. The molecule has 1 aliphatic heterocycles. The van der Waals surface area contributed by atoms with Gasteiger partial charge in [0.1, 0.15) is 23.7 Å². The van der Waals surface area contributed by atoms with Gasteiger partial charge in [0.25, 0.3) is 0 Å². The smallest absolute Gasteiger partial charge is 0.191 e. The molecule has 1 atom stereocenters. The zero-order valence-corrected chi connectivity index (χ0v) is 17.6. The molecule has 0 aliphatic carbocycles. The van der Waals surface area contributed by atoms with Gasteiger partial charge in [-0.15, -0.1) is 34.2 Å². The molecule has 8 nitrogen and oxygen atoms in total. The van der Waals surface area contributed by atoms with E-state index in [9.17, 15) is 5.11 Å².